The third-order valence-corrected chi connectivity index (χ3v) is 4.84. The first-order valence-electron chi connectivity index (χ1n) is 8.40. The van der Waals surface area contributed by atoms with Gasteiger partial charge < -0.3 is 10.2 Å². The number of aryl methyl sites for hydroxylation is 1. The fourth-order valence-corrected chi connectivity index (χ4v) is 2.96. The fourth-order valence-electron chi connectivity index (χ4n) is 2.45. The van der Waals surface area contributed by atoms with E-state index >= 15 is 0 Å². The molecule has 4 N–H and O–H groups in total. The second kappa shape index (κ2) is 8.77. The Morgan fingerprint density at radius 1 is 0.962 bits per heavy atom. The third kappa shape index (κ3) is 5.53. The molecule has 0 aliphatic heterocycles. The number of nitrogens with zero attached hydrogens (tertiary/aromatic N) is 2. The van der Waals surface area contributed by atoms with Gasteiger partial charge >= 0.3 is 0 Å². The van der Waals surface area contributed by atoms with E-state index in [-0.39, 0.29) is 22.1 Å². The minimum absolute atomic E-state index is 0.0155. The third-order valence-electron chi connectivity index (χ3n) is 3.91. The Morgan fingerprint density at radius 2 is 1.65 bits per heavy atom. The number of azo groups is 1. The lowest BCUT2D eigenvalue weighted by atomic mass is 10.0. The lowest BCUT2D eigenvalue weighted by molar-refractivity contribution is 0.445. The van der Waals surface area contributed by atoms with Gasteiger partial charge in [0.25, 0.3) is 0 Å². The molecule has 2 aromatic rings. The summed E-state index contributed by atoms with van der Waals surface area (Å²) in [5, 5.41) is 32.9. The number of hydrogen-bond donors (Lipinski definition) is 3. The van der Waals surface area contributed by atoms with Gasteiger partial charge in [0.1, 0.15) is 17.2 Å². The van der Waals surface area contributed by atoms with Crippen molar-refractivity contribution in [1.82, 2.24) is 0 Å². The van der Waals surface area contributed by atoms with Crippen molar-refractivity contribution in [3.05, 3.63) is 42.0 Å². The summed E-state index contributed by atoms with van der Waals surface area (Å²) in [7, 11) is -3.76. The van der Waals surface area contributed by atoms with E-state index < -0.39 is 10.0 Å². The summed E-state index contributed by atoms with van der Waals surface area (Å²) in [4.78, 5) is -0.0155. The van der Waals surface area contributed by atoms with E-state index in [0.29, 0.717) is 17.7 Å². The minimum atomic E-state index is -3.76. The number of phenolic OH excluding ortho intramolecular Hbond substituents is 2. The van der Waals surface area contributed by atoms with Gasteiger partial charge in [-0.05, 0) is 48.7 Å². The molecule has 0 aliphatic carbocycles. The number of aromatic hydroxyl groups is 2. The fraction of sp³-hybridized carbons (Fsp3) is 0.333. The lowest BCUT2D eigenvalue weighted by Gasteiger charge is -2.07. The Hall–Kier alpha value is -2.45. The molecule has 0 aliphatic rings. The van der Waals surface area contributed by atoms with Crippen LogP contribution in [-0.2, 0) is 16.4 Å². The minimum Gasteiger partial charge on any atom is -0.508 e. The topological polar surface area (TPSA) is 125 Å². The molecule has 0 saturated carbocycles. The molecule has 26 heavy (non-hydrogen) atoms. The van der Waals surface area contributed by atoms with Crippen molar-refractivity contribution in [2.24, 2.45) is 15.4 Å². The van der Waals surface area contributed by atoms with Gasteiger partial charge in [0.2, 0.25) is 10.0 Å². The first-order valence-corrected chi connectivity index (χ1v) is 9.95. The van der Waals surface area contributed by atoms with Crippen LogP contribution >= 0.6 is 0 Å². The normalized spacial score (nSPS) is 11.9. The van der Waals surface area contributed by atoms with E-state index in [1.54, 1.807) is 6.07 Å². The summed E-state index contributed by atoms with van der Waals surface area (Å²) < 4.78 is 22.5. The van der Waals surface area contributed by atoms with E-state index in [0.717, 1.165) is 25.7 Å². The van der Waals surface area contributed by atoms with Crippen molar-refractivity contribution in [3.8, 4) is 11.5 Å². The summed E-state index contributed by atoms with van der Waals surface area (Å²) in [6, 6.07) is 8.46. The zero-order valence-corrected chi connectivity index (χ0v) is 15.4. The predicted octanol–water partition coefficient (Wildman–Crippen LogP) is 4.28. The Balaban J connectivity index is 2.16. The number of phenols is 2. The molecular formula is C18H23N3O4S. The monoisotopic (exact) mass is 377 g/mol. The van der Waals surface area contributed by atoms with Crippen molar-refractivity contribution >= 4 is 21.4 Å². The van der Waals surface area contributed by atoms with Gasteiger partial charge in [-0.3, -0.25) is 0 Å². The highest BCUT2D eigenvalue weighted by atomic mass is 32.2. The van der Waals surface area contributed by atoms with Crippen molar-refractivity contribution in [2.45, 2.75) is 43.9 Å². The summed E-state index contributed by atoms with van der Waals surface area (Å²) in [5.41, 5.74) is 1.36. The first kappa shape index (κ1) is 19.9. The number of primary sulfonamides is 1. The summed E-state index contributed by atoms with van der Waals surface area (Å²) in [5.74, 6) is -0.139. The quantitative estimate of drug-likeness (QED) is 0.469. The Kier molecular flexibility index (Phi) is 6.70. The van der Waals surface area contributed by atoms with Crippen molar-refractivity contribution in [3.63, 3.8) is 0 Å². The molecule has 0 unspecified atom stereocenters. The molecule has 0 bridgehead atoms. The van der Waals surface area contributed by atoms with Gasteiger partial charge in [-0.2, -0.15) is 5.11 Å². The molecule has 0 heterocycles. The average molecular weight is 377 g/mol. The summed E-state index contributed by atoms with van der Waals surface area (Å²) >= 11 is 0. The van der Waals surface area contributed by atoms with E-state index in [1.165, 1.54) is 30.3 Å². The van der Waals surface area contributed by atoms with Gasteiger partial charge in [-0.1, -0.05) is 26.2 Å². The average Bonchev–Trinajstić information content (AvgIpc) is 2.59. The summed E-state index contributed by atoms with van der Waals surface area (Å²) in [6.07, 6.45) is 4.98. The number of rotatable bonds is 8. The number of hydrogen-bond acceptors (Lipinski definition) is 6. The number of unbranched alkanes of at least 4 members (excludes halogenated alkanes) is 3. The molecule has 0 fully saturated rings. The Morgan fingerprint density at radius 3 is 2.27 bits per heavy atom. The van der Waals surface area contributed by atoms with Crippen LogP contribution in [0.3, 0.4) is 0 Å². The SMILES string of the molecule is CCCCCCc1cc(N=Nc2ccc(S(N)(=O)=O)cc2)c(O)cc1O. The largest absolute Gasteiger partial charge is 0.508 e. The predicted molar refractivity (Wildman–Crippen MR) is 99.6 cm³/mol. The molecule has 8 heteroatoms. The van der Waals surface area contributed by atoms with Gasteiger partial charge in [-0.15, -0.1) is 5.11 Å². The molecule has 0 amide bonds. The second-order valence-corrected chi connectivity index (χ2v) is 7.58. The zero-order chi connectivity index (χ0) is 19.2. The van der Waals surface area contributed by atoms with Crippen molar-refractivity contribution in [1.29, 1.82) is 0 Å². The number of sulfonamides is 1. The molecule has 0 aromatic heterocycles. The van der Waals surface area contributed by atoms with Gasteiger partial charge in [-0.25, -0.2) is 13.6 Å². The van der Waals surface area contributed by atoms with Crippen LogP contribution in [0.4, 0.5) is 11.4 Å². The first-order chi connectivity index (χ1) is 12.3. The molecular weight excluding hydrogens is 354 g/mol. The van der Waals surface area contributed by atoms with Gasteiger partial charge in [0.15, 0.2) is 0 Å². The molecule has 7 nitrogen and oxygen atoms in total. The maximum atomic E-state index is 11.2. The highest BCUT2D eigenvalue weighted by Crippen LogP contribution is 2.35. The molecule has 0 atom stereocenters. The van der Waals surface area contributed by atoms with E-state index in [1.807, 2.05) is 0 Å². The van der Waals surface area contributed by atoms with Crippen LogP contribution in [0.15, 0.2) is 51.5 Å². The van der Waals surface area contributed by atoms with Crippen molar-refractivity contribution < 1.29 is 18.6 Å². The number of benzene rings is 2. The Labute approximate surface area is 153 Å². The van der Waals surface area contributed by atoms with Crippen LogP contribution in [0.25, 0.3) is 0 Å². The van der Waals surface area contributed by atoms with Crippen LogP contribution in [-0.4, -0.2) is 18.6 Å². The lowest BCUT2D eigenvalue weighted by Crippen LogP contribution is -2.11. The standard InChI is InChI=1S/C18H23N3O4S/c1-2-3-4-5-6-13-11-16(18(23)12-17(13)22)21-20-14-7-9-15(10-8-14)26(19,24)25/h7-12,22-23H,2-6H2,1H3,(H2,19,24,25). The maximum Gasteiger partial charge on any atom is 0.238 e. The van der Waals surface area contributed by atoms with Crippen LogP contribution in [0.1, 0.15) is 38.2 Å². The molecule has 0 radical (unpaired) electrons. The van der Waals surface area contributed by atoms with Crippen LogP contribution in [0.5, 0.6) is 11.5 Å². The summed E-state index contributed by atoms with van der Waals surface area (Å²) in [6.45, 7) is 2.13. The Bertz CT molecular complexity index is 878. The van der Waals surface area contributed by atoms with Crippen molar-refractivity contribution in [2.75, 3.05) is 0 Å². The van der Waals surface area contributed by atoms with Gasteiger partial charge in [0, 0.05) is 6.07 Å². The molecule has 2 aromatic carbocycles. The highest BCUT2D eigenvalue weighted by Gasteiger charge is 2.09. The molecule has 2 rings (SSSR count). The molecule has 0 spiro atoms. The van der Waals surface area contributed by atoms with E-state index in [2.05, 4.69) is 17.2 Å². The maximum absolute atomic E-state index is 11.2. The van der Waals surface area contributed by atoms with Crippen LogP contribution in [0.2, 0.25) is 0 Å². The van der Waals surface area contributed by atoms with E-state index in [9.17, 15) is 18.6 Å². The van der Waals surface area contributed by atoms with Crippen LogP contribution < -0.4 is 5.14 Å². The molecule has 140 valence electrons. The highest BCUT2D eigenvalue weighted by molar-refractivity contribution is 7.89. The van der Waals surface area contributed by atoms with E-state index in [4.69, 9.17) is 5.14 Å². The van der Waals surface area contributed by atoms with Gasteiger partial charge in [0.05, 0.1) is 10.6 Å². The molecule has 0 saturated heterocycles. The second-order valence-electron chi connectivity index (χ2n) is 6.02. The van der Waals surface area contributed by atoms with Crippen LogP contribution in [0, 0.1) is 0 Å². The number of nitrogens with two attached hydrogens (primary N) is 1. The zero-order valence-electron chi connectivity index (χ0n) is 14.6. The smallest absolute Gasteiger partial charge is 0.238 e.